The van der Waals surface area contributed by atoms with Crippen LogP contribution in [0.4, 0.5) is 0 Å². The Morgan fingerprint density at radius 2 is 2.07 bits per heavy atom. The van der Waals surface area contributed by atoms with Crippen molar-refractivity contribution in [3.05, 3.63) is 23.8 Å². The van der Waals surface area contributed by atoms with Gasteiger partial charge < -0.3 is 9.84 Å². The van der Waals surface area contributed by atoms with Crippen LogP contribution in [0.15, 0.2) is 23.8 Å². The quantitative estimate of drug-likeness (QED) is 0.604. The van der Waals surface area contributed by atoms with Crippen molar-refractivity contribution in [2.75, 3.05) is 19.8 Å². The van der Waals surface area contributed by atoms with Crippen LogP contribution < -0.4 is 0 Å². The molecule has 0 fully saturated rings. The molecular formula is C12H20O2. The molecule has 1 aliphatic carbocycles. The van der Waals surface area contributed by atoms with Crippen LogP contribution in [-0.4, -0.2) is 24.9 Å². The molecule has 0 atom stereocenters. The summed E-state index contributed by atoms with van der Waals surface area (Å²) in [5, 5.41) is 8.57. The number of ether oxygens (including phenoxy) is 1. The first-order valence-electron chi connectivity index (χ1n) is 5.47. The number of aliphatic hydroxyl groups is 1. The molecule has 0 bridgehead atoms. The van der Waals surface area contributed by atoms with Crippen molar-refractivity contribution in [2.45, 2.75) is 32.1 Å². The minimum atomic E-state index is 0.318. The fourth-order valence-corrected chi connectivity index (χ4v) is 1.47. The molecule has 0 aromatic heterocycles. The standard InChI is InChI=1S/C12H20O2/c13-9-5-1-2-6-10-14-11-12-7-3-4-8-12/h3,7-8,13H,1-2,4-6,9-11H2. The monoisotopic (exact) mass is 196 g/mol. The van der Waals surface area contributed by atoms with Gasteiger partial charge in [0, 0.05) is 13.2 Å². The number of aliphatic hydroxyl groups excluding tert-OH is 1. The Balaban J connectivity index is 1.82. The first-order chi connectivity index (χ1) is 6.93. The van der Waals surface area contributed by atoms with Crippen LogP contribution in [0.25, 0.3) is 0 Å². The lowest BCUT2D eigenvalue weighted by atomic mass is 10.2. The minimum Gasteiger partial charge on any atom is -0.396 e. The van der Waals surface area contributed by atoms with Gasteiger partial charge in [-0.1, -0.05) is 31.1 Å². The molecule has 0 aliphatic heterocycles. The first kappa shape index (κ1) is 11.5. The van der Waals surface area contributed by atoms with E-state index in [1.807, 2.05) is 0 Å². The highest BCUT2D eigenvalue weighted by Crippen LogP contribution is 2.09. The van der Waals surface area contributed by atoms with Crippen LogP contribution in [-0.2, 0) is 4.74 Å². The van der Waals surface area contributed by atoms with Gasteiger partial charge >= 0.3 is 0 Å². The summed E-state index contributed by atoms with van der Waals surface area (Å²) in [6.45, 7) is 1.92. The van der Waals surface area contributed by atoms with E-state index in [1.54, 1.807) is 0 Å². The molecule has 0 saturated carbocycles. The molecule has 0 saturated heterocycles. The van der Waals surface area contributed by atoms with Gasteiger partial charge in [0.05, 0.1) is 6.61 Å². The second-order valence-corrected chi connectivity index (χ2v) is 3.61. The maximum atomic E-state index is 8.57. The number of unbranched alkanes of at least 4 members (excludes halogenated alkanes) is 3. The number of allylic oxidation sites excluding steroid dienone is 2. The Morgan fingerprint density at radius 3 is 2.79 bits per heavy atom. The number of hydrogen-bond acceptors (Lipinski definition) is 2. The van der Waals surface area contributed by atoms with Crippen molar-refractivity contribution in [3.8, 4) is 0 Å². The van der Waals surface area contributed by atoms with Crippen molar-refractivity contribution in [1.29, 1.82) is 0 Å². The molecule has 0 spiro atoms. The molecular weight excluding hydrogens is 176 g/mol. The molecule has 0 amide bonds. The zero-order chi connectivity index (χ0) is 10.1. The minimum absolute atomic E-state index is 0.318. The summed E-state index contributed by atoms with van der Waals surface area (Å²) in [6.07, 6.45) is 11.9. The first-order valence-corrected chi connectivity index (χ1v) is 5.47. The van der Waals surface area contributed by atoms with Gasteiger partial charge in [-0.25, -0.2) is 0 Å². The van der Waals surface area contributed by atoms with E-state index in [0.717, 1.165) is 45.3 Å². The zero-order valence-electron chi connectivity index (χ0n) is 8.74. The van der Waals surface area contributed by atoms with Crippen LogP contribution >= 0.6 is 0 Å². The summed E-state index contributed by atoms with van der Waals surface area (Å²) in [5.41, 5.74) is 1.31. The van der Waals surface area contributed by atoms with Crippen molar-refractivity contribution in [1.82, 2.24) is 0 Å². The largest absolute Gasteiger partial charge is 0.396 e. The summed E-state index contributed by atoms with van der Waals surface area (Å²) in [7, 11) is 0. The van der Waals surface area contributed by atoms with Crippen LogP contribution in [0.3, 0.4) is 0 Å². The summed E-state index contributed by atoms with van der Waals surface area (Å²) >= 11 is 0. The molecule has 1 N–H and O–H groups in total. The molecule has 0 heterocycles. The van der Waals surface area contributed by atoms with E-state index in [-0.39, 0.29) is 0 Å². The predicted octanol–water partition coefficient (Wildman–Crippen LogP) is 2.44. The summed E-state index contributed by atoms with van der Waals surface area (Å²) in [5.74, 6) is 0. The van der Waals surface area contributed by atoms with E-state index in [1.165, 1.54) is 5.57 Å². The summed E-state index contributed by atoms with van der Waals surface area (Å²) in [6, 6.07) is 0. The van der Waals surface area contributed by atoms with Crippen molar-refractivity contribution in [2.24, 2.45) is 0 Å². The molecule has 1 rings (SSSR count). The lowest BCUT2D eigenvalue weighted by Crippen LogP contribution is -1.98. The summed E-state index contributed by atoms with van der Waals surface area (Å²) < 4.78 is 5.52. The maximum Gasteiger partial charge on any atom is 0.0713 e. The normalized spacial score (nSPS) is 14.8. The molecule has 80 valence electrons. The van der Waals surface area contributed by atoms with Crippen molar-refractivity contribution in [3.63, 3.8) is 0 Å². The Bertz CT molecular complexity index is 194. The fraction of sp³-hybridized carbons (Fsp3) is 0.667. The average molecular weight is 196 g/mol. The Kier molecular flexibility index (Phi) is 6.37. The van der Waals surface area contributed by atoms with Gasteiger partial charge in [-0.2, -0.15) is 0 Å². The molecule has 1 aliphatic rings. The Labute approximate surface area is 86.3 Å². The SMILES string of the molecule is OCCCCCCOCC1=CCC=C1. The van der Waals surface area contributed by atoms with Crippen LogP contribution in [0.1, 0.15) is 32.1 Å². The molecule has 0 aromatic carbocycles. The molecule has 0 radical (unpaired) electrons. The van der Waals surface area contributed by atoms with E-state index in [4.69, 9.17) is 9.84 Å². The highest BCUT2D eigenvalue weighted by molar-refractivity contribution is 5.26. The van der Waals surface area contributed by atoms with E-state index < -0.39 is 0 Å². The third-order valence-electron chi connectivity index (χ3n) is 2.31. The highest BCUT2D eigenvalue weighted by atomic mass is 16.5. The highest BCUT2D eigenvalue weighted by Gasteiger charge is 1.97. The second-order valence-electron chi connectivity index (χ2n) is 3.61. The van der Waals surface area contributed by atoms with Gasteiger partial charge in [-0.15, -0.1) is 0 Å². The van der Waals surface area contributed by atoms with Crippen LogP contribution in [0.5, 0.6) is 0 Å². The lowest BCUT2D eigenvalue weighted by molar-refractivity contribution is 0.152. The van der Waals surface area contributed by atoms with Gasteiger partial charge in [-0.05, 0) is 24.8 Å². The third-order valence-corrected chi connectivity index (χ3v) is 2.31. The maximum absolute atomic E-state index is 8.57. The molecule has 2 heteroatoms. The van der Waals surface area contributed by atoms with Crippen molar-refractivity contribution >= 4 is 0 Å². The van der Waals surface area contributed by atoms with E-state index in [0.29, 0.717) is 6.61 Å². The number of hydrogen-bond donors (Lipinski definition) is 1. The van der Waals surface area contributed by atoms with E-state index in [9.17, 15) is 0 Å². The zero-order valence-corrected chi connectivity index (χ0v) is 8.74. The van der Waals surface area contributed by atoms with Crippen LogP contribution in [0.2, 0.25) is 0 Å². The second kappa shape index (κ2) is 7.77. The van der Waals surface area contributed by atoms with E-state index >= 15 is 0 Å². The van der Waals surface area contributed by atoms with Gasteiger partial charge in [0.2, 0.25) is 0 Å². The van der Waals surface area contributed by atoms with Gasteiger partial charge in [-0.3, -0.25) is 0 Å². The van der Waals surface area contributed by atoms with Gasteiger partial charge in [0.25, 0.3) is 0 Å². The topological polar surface area (TPSA) is 29.5 Å². The van der Waals surface area contributed by atoms with Gasteiger partial charge in [0.1, 0.15) is 0 Å². The van der Waals surface area contributed by atoms with Crippen LogP contribution in [0, 0.1) is 0 Å². The molecule has 0 unspecified atom stereocenters. The average Bonchev–Trinajstić information content (AvgIpc) is 2.69. The molecule has 14 heavy (non-hydrogen) atoms. The fourth-order valence-electron chi connectivity index (χ4n) is 1.47. The number of rotatable bonds is 8. The Morgan fingerprint density at radius 1 is 1.21 bits per heavy atom. The smallest absolute Gasteiger partial charge is 0.0713 e. The molecule has 2 nitrogen and oxygen atoms in total. The molecule has 0 aromatic rings. The third kappa shape index (κ3) is 5.20. The summed E-state index contributed by atoms with van der Waals surface area (Å²) in [4.78, 5) is 0. The van der Waals surface area contributed by atoms with E-state index in [2.05, 4.69) is 18.2 Å². The predicted molar refractivity (Wildman–Crippen MR) is 58.2 cm³/mol. The van der Waals surface area contributed by atoms with Crippen molar-refractivity contribution < 1.29 is 9.84 Å². The Hall–Kier alpha value is -0.600. The van der Waals surface area contributed by atoms with Gasteiger partial charge in [0.15, 0.2) is 0 Å². The lowest BCUT2D eigenvalue weighted by Gasteiger charge is -2.03.